The summed E-state index contributed by atoms with van der Waals surface area (Å²) >= 11 is 0. The van der Waals surface area contributed by atoms with E-state index in [9.17, 15) is 8.42 Å². The third kappa shape index (κ3) is 2.33. The largest absolute Gasteiger partial charge is 0.295 e. The number of fused-ring (bicyclic) bond motifs is 1. The molecule has 0 aliphatic heterocycles. The smallest absolute Gasteiger partial charge is 0.282 e. The standard InChI is InChI=1S/C13H14O3S/c1-9(2)10-3-4-11-6-8-13(17(14,15)16)12(11)7-5-10/h3-9H,1-2H3,(H,14,15,16). The minimum Gasteiger partial charge on any atom is -0.282 e. The Bertz CT molecular complexity index is 615. The summed E-state index contributed by atoms with van der Waals surface area (Å²) in [6.07, 6.45) is 0. The minimum absolute atomic E-state index is 0.0293. The summed E-state index contributed by atoms with van der Waals surface area (Å²) in [5.74, 6) is 0.376. The molecule has 0 unspecified atom stereocenters. The van der Waals surface area contributed by atoms with Crippen molar-refractivity contribution in [3.63, 3.8) is 0 Å². The Balaban J connectivity index is 2.67. The number of hydrogen-bond donors (Lipinski definition) is 1. The molecule has 4 heteroatoms. The molecule has 90 valence electrons. The molecule has 0 bridgehead atoms. The highest BCUT2D eigenvalue weighted by Gasteiger charge is 2.18. The maximum atomic E-state index is 11.2. The van der Waals surface area contributed by atoms with Crippen LogP contribution in [-0.4, -0.2) is 13.0 Å². The molecule has 0 saturated heterocycles. The average Bonchev–Trinajstić information content (AvgIpc) is 2.50. The summed E-state index contributed by atoms with van der Waals surface area (Å²) in [4.78, 5) is -0.0293. The zero-order chi connectivity index (χ0) is 12.6. The molecular formula is C13H14O3S. The van der Waals surface area contributed by atoms with Gasteiger partial charge in [-0.15, -0.1) is 0 Å². The van der Waals surface area contributed by atoms with Crippen LogP contribution in [0.5, 0.6) is 0 Å². The summed E-state index contributed by atoms with van der Waals surface area (Å²) in [5, 5.41) is 0. The second kappa shape index (κ2) is 4.13. The van der Waals surface area contributed by atoms with Crippen LogP contribution in [0.4, 0.5) is 0 Å². The van der Waals surface area contributed by atoms with E-state index < -0.39 is 10.1 Å². The van der Waals surface area contributed by atoms with E-state index in [0.29, 0.717) is 11.5 Å². The Labute approximate surface area is 101 Å². The van der Waals surface area contributed by atoms with Crippen LogP contribution in [0.25, 0.3) is 11.1 Å². The monoisotopic (exact) mass is 250 g/mol. The van der Waals surface area contributed by atoms with Gasteiger partial charge < -0.3 is 0 Å². The fraction of sp³-hybridized carbons (Fsp3) is 0.231. The van der Waals surface area contributed by atoms with Gasteiger partial charge in [-0.2, -0.15) is 8.42 Å². The molecule has 0 heterocycles. The summed E-state index contributed by atoms with van der Waals surface area (Å²) < 4.78 is 31.5. The van der Waals surface area contributed by atoms with Crippen LogP contribution in [0.2, 0.25) is 0 Å². The first-order valence-corrected chi connectivity index (χ1v) is 6.84. The van der Waals surface area contributed by atoms with Crippen LogP contribution in [0.15, 0.2) is 41.3 Å². The lowest BCUT2D eigenvalue weighted by Gasteiger charge is -1.99. The predicted molar refractivity (Wildman–Crippen MR) is 67.0 cm³/mol. The van der Waals surface area contributed by atoms with Gasteiger partial charge in [-0.25, -0.2) is 0 Å². The zero-order valence-corrected chi connectivity index (χ0v) is 10.5. The Kier molecular flexibility index (Phi) is 2.93. The molecule has 0 amide bonds. The van der Waals surface area contributed by atoms with E-state index in [1.807, 2.05) is 18.2 Å². The molecule has 0 spiro atoms. The normalized spacial score (nSPS) is 12.2. The molecule has 1 N–H and O–H groups in total. The van der Waals surface area contributed by atoms with E-state index in [2.05, 4.69) is 13.8 Å². The summed E-state index contributed by atoms with van der Waals surface area (Å²) in [7, 11) is -4.15. The highest BCUT2D eigenvalue weighted by Crippen LogP contribution is 2.31. The van der Waals surface area contributed by atoms with Gasteiger partial charge in [0.25, 0.3) is 10.1 Å². The number of hydrogen-bond acceptors (Lipinski definition) is 2. The van der Waals surface area contributed by atoms with Gasteiger partial charge in [0.05, 0.1) is 0 Å². The zero-order valence-electron chi connectivity index (χ0n) is 9.71. The highest BCUT2D eigenvalue weighted by molar-refractivity contribution is 7.86. The van der Waals surface area contributed by atoms with Gasteiger partial charge in [0.15, 0.2) is 0 Å². The molecule has 0 aromatic carbocycles. The minimum atomic E-state index is -4.15. The molecule has 2 rings (SSSR count). The average molecular weight is 250 g/mol. The quantitative estimate of drug-likeness (QED) is 0.833. The summed E-state index contributed by atoms with van der Waals surface area (Å²) in [6.45, 7) is 4.15. The van der Waals surface area contributed by atoms with Gasteiger partial charge in [0.2, 0.25) is 0 Å². The van der Waals surface area contributed by atoms with Crippen LogP contribution in [0.3, 0.4) is 0 Å². The van der Waals surface area contributed by atoms with Gasteiger partial charge >= 0.3 is 0 Å². The first kappa shape index (κ1) is 12.1. The molecule has 0 atom stereocenters. The van der Waals surface area contributed by atoms with Crippen LogP contribution in [0, 0.1) is 0 Å². The van der Waals surface area contributed by atoms with Gasteiger partial charge in [-0.3, -0.25) is 4.55 Å². The first-order valence-electron chi connectivity index (χ1n) is 5.40. The molecule has 0 aromatic rings. The Morgan fingerprint density at radius 1 is 1.00 bits per heavy atom. The van der Waals surface area contributed by atoms with Crippen molar-refractivity contribution >= 4 is 10.1 Å². The molecule has 0 aromatic heterocycles. The summed E-state index contributed by atoms with van der Waals surface area (Å²) in [5.41, 5.74) is 2.49. The lowest BCUT2D eigenvalue weighted by atomic mass is 10.1. The third-order valence-corrected chi connectivity index (χ3v) is 3.74. The Morgan fingerprint density at radius 2 is 1.59 bits per heavy atom. The van der Waals surface area contributed by atoms with Crippen LogP contribution in [0.1, 0.15) is 25.3 Å². The van der Waals surface area contributed by atoms with Crippen molar-refractivity contribution in [2.75, 3.05) is 0 Å². The van der Waals surface area contributed by atoms with E-state index in [4.69, 9.17) is 4.55 Å². The van der Waals surface area contributed by atoms with Crippen molar-refractivity contribution < 1.29 is 13.0 Å². The lowest BCUT2D eigenvalue weighted by molar-refractivity contribution is 0.484. The first-order chi connectivity index (χ1) is 7.89. The van der Waals surface area contributed by atoms with Crippen molar-refractivity contribution in [3.05, 3.63) is 42.0 Å². The second-order valence-corrected chi connectivity index (χ2v) is 5.75. The molecule has 3 nitrogen and oxygen atoms in total. The van der Waals surface area contributed by atoms with E-state index >= 15 is 0 Å². The maximum Gasteiger partial charge on any atom is 0.295 e. The SMILES string of the molecule is CC(C)c1ccc2ccc(S(=O)(=O)O)c-2cc1. The Morgan fingerprint density at radius 3 is 2.18 bits per heavy atom. The van der Waals surface area contributed by atoms with Gasteiger partial charge in [-0.1, -0.05) is 44.2 Å². The predicted octanol–water partition coefficient (Wildman–Crippen LogP) is 3.16. The molecule has 0 saturated carbocycles. The molecule has 0 radical (unpaired) electrons. The van der Waals surface area contributed by atoms with Crippen LogP contribution >= 0.6 is 0 Å². The van der Waals surface area contributed by atoms with Gasteiger partial charge in [-0.05, 0) is 23.1 Å². The fourth-order valence-corrected chi connectivity index (χ4v) is 2.55. The van der Waals surface area contributed by atoms with Crippen LogP contribution in [-0.2, 0) is 10.1 Å². The van der Waals surface area contributed by atoms with Gasteiger partial charge in [0.1, 0.15) is 4.90 Å². The second-order valence-electron chi connectivity index (χ2n) is 4.36. The number of rotatable bonds is 2. The molecular weight excluding hydrogens is 236 g/mol. The lowest BCUT2D eigenvalue weighted by Crippen LogP contribution is -1.96. The molecule has 2 aliphatic rings. The van der Waals surface area contributed by atoms with E-state index in [1.165, 1.54) is 6.07 Å². The van der Waals surface area contributed by atoms with E-state index in [0.717, 1.165) is 11.1 Å². The Hall–Kier alpha value is -1.39. The van der Waals surface area contributed by atoms with Crippen molar-refractivity contribution in [2.45, 2.75) is 24.7 Å². The van der Waals surface area contributed by atoms with Gasteiger partial charge in [0, 0.05) is 5.56 Å². The van der Waals surface area contributed by atoms with Crippen molar-refractivity contribution in [1.82, 2.24) is 0 Å². The fourth-order valence-electron chi connectivity index (χ4n) is 1.84. The van der Waals surface area contributed by atoms with Crippen molar-refractivity contribution in [1.29, 1.82) is 0 Å². The van der Waals surface area contributed by atoms with E-state index in [1.54, 1.807) is 12.1 Å². The third-order valence-electron chi connectivity index (χ3n) is 2.83. The van der Waals surface area contributed by atoms with E-state index in [-0.39, 0.29) is 4.90 Å². The summed E-state index contributed by atoms with van der Waals surface area (Å²) in [6, 6.07) is 10.6. The maximum absolute atomic E-state index is 11.2. The molecule has 0 fully saturated rings. The topological polar surface area (TPSA) is 54.4 Å². The van der Waals surface area contributed by atoms with Crippen LogP contribution < -0.4 is 0 Å². The van der Waals surface area contributed by atoms with Crippen molar-refractivity contribution in [2.24, 2.45) is 0 Å². The van der Waals surface area contributed by atoms with Crippen molar-refractivity contribution in [3.8, 4) is 11.1 Å². The highest BCUT2D eigenvalue weighted by atomic mass is 32.2. The molecule has 2 aliphatic carbocycles. The molecule has 17 heavy (non-hydrogen) atoms.